The number of urea groups is 1. The fourth-order valence-electron chi connectivity index (χ4n) is 3.93. The molecule has 0 bridgehead atoms. The minimum absolute atomic E-state index is 0.00974. The van der Waals surface area contributed by atoms with Gasteiger partial charge in [-0.1, -0.05) is 43.3 Å². The van der Waals surface area contributed by atoms with E-state index in [2.05, 4.69) is 0 Å². The van der Waals surface area contributed by atoms with Gasteiger partial charge in [0.2, 0.25) is 0 Å². The number of guanidine groups is 1. The van der Waals surface area contributed by atoms with Gasteiger partial charge in [-0.2, -0.15) is 0 Å². The molecular formula is C27H27N5O5. The molecule has 0 aliphatic heterocycles. The summed E-state index contributed by atoms with van der Waals surface area (Å²) >= 11 is 0. The maximum atomic E-state index is 13.8. The van der Waals surface area contributed by atoms with E-state index in [-0.39, 0.29) is 34.4 Å². The summed E-state index contributed by atoms with van der Waals surface area (Å²) in [5.74, 6) is -3.20. The fourth-order valence-corrected chi connectivity index (χ4v) is 3.93. The molecule has 0 heterocycles. The predicted octanol–water partition coefficient (Wildman–Crippen LogP) is 3.70. The van der Waals surface area contributed by atoms with Gasteiger partial charge in [0.15, 0.2) is 5.96 Å². The van der Waals surface area contributed by atoms with Crippen molar-refractivity contribution in [2.45, 2.75) is 20.3 Å². The topological polar surface area (TPSA) is 171 Å². The second kappa shape index (κ2) is 11.2. The van der Waals surface area contributed by atoms with Crippen molar-refractivity contribution in [1.29, 1.82) is 5.41 Å². The van der Waals surface area contributed by atoms with Gasteiger partial charge in [0.1, 0.15) is 0 Å². The number of carboxylic acid groups (broad SMARTS) is 1. The molecule has 3 rings (SSSR count). The summed E-state index contributed by atoms with van der Waals surface area (Å²) in [6.07, 6.45) is 0.602. The number of hydrogen-bond donors (Lipinski definition) is 4. The molecule has 0 aromatic heterocycles. The maximum Gasteiger partial charge on any atom is 0.336 e. The van der Waals surface area contributed by atoms with E-state index < -0.39 is 29.8 Å². The predicted molar refractivity (Wildman–Crippen MR) is 140 cm³/mol. The third-order valence-corrected chi connectivity index (χ3v) is 5.80. The molecule has 37 heavy (non-hydrogen) atoms. The Labute approximate surface area is 213 Å². The summed E-state index contributed by atoms with van der Waals surface area (Å²) in [6.45, 7) is 3.48. The highest BCUT2D eigenvalue weighted by atomic mass is 16.4. The summed E-state index contributed by atoms with van der Waals surface area (Å²) in [7, 11) is 0. The van der Waals surface area contributed by atoms with Gasteiger partial charge < -0.3 is 16.6 Å². The number of nitrogens with one attached hydrogen (secondary N) is 1. The first-order chi connectivity index (χ1) is 17.6. The Morgan fingerprint density at radius 3 is 2.00 bits per heavy atom. The van der Waals surface area contributed by atoms with Crippen LogP contribution in [-0.4, -0.2) is 46.3 Å². The van der Waals surface area contributed by atoms with Crippen molar-refractivity contribution < 1.29 is 24.3 Å². The van der Waals surface area contributed by atoms with Crippen LogP contribution in [0.4, 0.5) is 10.5 Å². The van der Waals surface area contributed by atoms with Gasteiger partial charge in [-0.25, -0.2) is 14.5 Å². The van der Waals surface area contributed by atoms with E-state index in [0.717, 1.165) is 21.4 Å². The van der Waals surface area contributed by atoms with Crippen molar-refractivity contribution in [1.82, 2.24) is 4.90 Å². The lowest BCUT2D eigenvalue weighted by atomic mass is 9.91. The van der Waals surface area contributed by atoms with Crippen LogP contribution >= 0.6 is 0 Å². The quantitative estimate of drug-likeness (QED) is 0.284. The normalized spacial score (nSPS) is 10.4. The van der Waals surface area contributed by atoms with Crippen molar-refractivity contribution >= 4 is 35.5 Å². The zero-order chi connectivity index (χ0) is 27.3. The molecule has 0 aliphatic carbocycles. The number of anilines is 1. The number of primary amides is 1. The van der Waals surface area contributed by atoms with E-state index in [1.54, 1.807) is 55.5 Å². The molecule has 190 valence electrons. The van der Waals surface area contributed by atoms with Gasteiger partial charge in [0, 0.05) is 17.7 Å². The van der Waals surface area contributed by atoms with Crippen LogP contribution in [0.15, 0.2) is 66.7 Å². The van der Waals surface area contributed by atoms with Crippen LogP contribution in [-0.2, 0) is 6.42 Å². The molecule has 0 saturated carbocycles. The highest BCUT2D eigenvalue weighted by molar-refractivity contribution is 6.23. The number of para-hydroxylation sites is 1. The maximum absolute atomic E-state index is 13.8. The molecular weight excluding hydrogens is 474 g/mol. The lowest BCUT2D eigenvalue weighted by Gasteiger charge is -2.23. The lowest BCUT2D eigenvalue weighted by Crippen LogP contribution is -2.41. The zero-order valence-corrected chi connectivity index (χ0v) is 20.4. The van der Waals surface area contributed by atoms with E-state index in [9.17, 15) is 24.3 Å². The average molecular weight is 502 g/mol. The number of rotatable bonds is 7. The number of carboxylic acids is 1. The first kappa shape index (κ1) is 26.6. The lowest BCUT2D eigenvalue weighted by molar-refractivity contribution is 0.0697. The number of nitrogens with zero attached hydrogens (tertiary/aromatic N) is 2. The minimum Gasteiger partial charge on any atom is -0.478 e. The molecule has 10 heteroatoms. The Morgan fingerprint density at radius 2 is 1.46 bits per heavy atom. The number of amides is 4. The van der Waals surface area contributed by atoms with Gasteiger partial charge in [-0.3, -0.25) is 19.9 Å². The first-order valence-electron chi connectivity index (χ1n) is 11.5. The first-order valence-corrected chi connectivity index (χ1v) is 11.5. The SMILES string of the molecule is CCc1ccc(-c2ccc(C(=O)N(CC)C(N)=O)cc2C(=O)O)c(C(=O)N(C(=N)N)c2ccccc2)c1. The molecule has 4 amide bonds. The number of aryl methyl sites for hydroxylation is 1. The van der Waals surface area contributed by atoms with Crippen molar-refractivity contribution in [2.24, 2.45) is 11.5 Å². The number of nitrogens with two attached hydrogens (primary N) is 2. The molecule has 3 aromatic rings. The van der Waals surface area contributed by atoms with Gasteiger partial charge in [-0.15, -0.1) is 0 Å². The molecule has 6 N–H and O–H groups in total. The molecule has 0 saturated heterocycles. The number of aromatic carboxylic acids is 1. The Hall–Kier alpha value is -4.99. The second-order valence-electron chi connectivity index (χ2n) is 8.05. The van der Waals surface area contributed by atoms with Crippen LogP contribution < -0.4 is 16.4 Å². The highest BCUT2D eigenvalue weighted by Crippen LogP contribution is 2.31. The van der Waals surface area contributed by atoms with Crippen LogP contribution in [0.5, 0.6) is 0 Å². The van der Waals surface area contributed by atoms with E-state index >= 15 is 0 Å². The van der Waals surface area contributed by atoms with E-state index in [1.807, 2.05) is 6.92 Å². The van der Waals surface area contributed by atoms with Crippen LogP contribution in [0.25, 0.3) is 11.1 Å². The van der Waals surface area contributed by atoms with E-state index in [1.165, 1.54) is 12.1 Å². The van der Waals surface area contributed by atoms with Crippen LogP contribution in [0, 0.1) is 5.41 Å². The van der Waals surface area contributed by atoms with Gasteiger partial charge in [-0.05, 0) is 60.4 Å². The average Bonchev–Trinajstić information content (AvgIpc) is 2.88. The molecule has 0 spiro atoms. The smallest absolute Gasteiger partial charge is 0.336 e. The van der Waals surface area contributed by atoms with Crippen LogP contribution in [0.1, 0.15) is 50.5 Å². The highest BCUT2D eigenvalue weighted by Gasteiger charge is 2.27. The third kappa shape index (κ3) is 5.48. The number of carbonyl (C=O) groups excluding carboxylic acids is 3. The summed E-state index contributed by atoms with van der Waals surface area (Å²) < 4.78 is 0. The van der Waals surface area contributed by atoms with Gasteiger partial charge >= 0.3 is 12.0 Å². The monoisotopic (exact) mass is 501 g/mol. The third-order valence-electron chi connectivity index (χ3n) is 5.80. The van der Waals surface area contributed by atoms with Crippen LogP contribution in [0.2, 0.25) is 0 Å². The molecule has 10 nitrogen and oxygen atoms in total. The molecule has 0 radical (unpaired) electrons. The van der Waals surface area contributed by atoms with Crippen molar-refractivity contribution in [3.63, 3.8) is 0 Å². The molecule has 0 unspecified atom stereocenters. The molecule has 3 aromatic carbocycles. The number of imide groups is 1. The Bertz CT molecular complexity index is 1390. The Morgan fingerprint density at radius 1 is 0.838 bits per heavy atom. The zero-order valence-electron chi connectivity index (χ0n) is 20.4. The summed E-state index contributed by atoms with van der Waals surface area (Å²) in [5, 5.41) is 18.0. The van der Waals surface area contributed by atoms with Crippen molar-refractivity contribution in [3.05, 3.63) is 89.0 Å². The Balaban J connectivity index is 2.21. The van der Waals surface area contributed by atoms with E-state index in [4.69, 9.17) is 16.9 Å². The molecule has 0 atom stereocenters. The summed E-state index contributed by atoms with van der Waals surface area (Å²) in [5.41, 5.74) is 12.5. The number of carbonyl (C=O) groups is 4. The summed E-state index contributed by atoms with van der Waals surface area (Å²) in [4.78, 5) is 52.2. The van der Waals surface area contributed by atoms with Crippen molar-refractivity contribution in [3.8, 4) is 11.1 Å². The van der Waals surface area contributed by atoms with E-state index in [0.29, 0.717) is 12.1 Å². The number of benzene rings is 3. The number of hydrogen-bond acceptors (Lipinski definition) is 5. The standard InChI is InChI=1S/C27H27N5O5/c1-3-16-10-12-19(21(14-16)24(34)32(26(28)29)18-8-6-5-7-9-18)20-13-11-17(15-22(20)25(35)36)23(33)31(4-2)27(30)37/h5-15H,3-4H2,1-2H3,(H3,28,29)(H2,30,37)(H,35,36). The van der Waals surface area contributed by atoms with Gasteiger partial charge in [0.05, 0.1) is 11.3 Å². The fraction of sp³-hybridized carbons (Fsp3) is 0.148. The minimum atomic E-state index is -1.34. The molecule has 0 fully saturated rings. The van der Waals surface area contributed by atoms with Crippen LogP contribution in [0.3, 0.4) is 0 Å². The Kier molecular flexibility index (Phi) is 8.03. The largest absolute Gasteiger partial charge is 0.478 e. The molecule has 0 aliphatic rings. The van der Waals surface area contributed by atoms with Crippen molar-refractivity contribution in [2.75, 3.05) is 11.4 Å². The second-order valence-corrected chi connectivity index (χ2v) is 8.05. The summed E-state index contributed by atoms with van der Waals surface area (Å²) in [6, 6.07) is 16.4. The van der Waals surface area contributed by atoms with Gasteiger partial charge in [0.25, 0.3) is 11.8 Å².